The average Bonchev–Trinajstić information content (AvgIpc) is 2.25. The second kappa shape index (κ2) is 5.25. The Bertz CT molecular complexity index is 514. The van der Waals surface area contributed by atoms with E-state index in [9.17, 15) is 0 Å². The number of pyridine rings is 1. The summed E-state index contributed by atoms with van der Waals surface area (Å²) in [5.41, 5.74) is 6.05. The lowest BCUT2D eigenvalue weighted by Crippen LogP contribution is -1.92. The fourth-order valence-electron chi connectivity index (χ4n) is 1.18. The van der Waals surface area contributed by atoms with Gasteiger partial charge in [0.15, 0.2) is 0 Å². The monoisotopic (exact) mass is 376 g/mol. The minimum atomic E-state index is 0.323. The van der Waals surface area contributed by atoms with Crippen LogP contribution in [0, 0.1) is 0 Å². The lowest BCUT2D eigenvalue weighted by Gasteiger charge is -2.08. The molecule has 3 nitrogen and oxygen atoms in total. The fraction of sp³-hybridized carbons (Fsp3) is 0. The standard InChI is InChI=1S/C11H7Br2ClN2O/c12-6-1-2-10(8(13)3-6)17-11-9(14)4-7(15)5-16-11/h1-5H,15H2. The van der Waals surface area contributed by atoms with Crippen molar-refractivity contribution in [2.45, 2.75) is 0 Å². The lowest BCUT2D eigenvalue weighted by atomic mass is 10.3. The van der Waals surface area contributed by atoms with Gasteiger partial charge < -0.3 is 10.5 Å². The summed E-state index contributed by atoms with van der Waals surface area (Å²) in [6.45, 7) is 0. The van der Waals surface area contributed by atoms with Gasteiger partial charge in [-0.25, -0.2) is 4.98 Å². The molecule has 1 heterocycles. The molecule has 2 rings (SSSR count). The van der Waals surface area contributed by atoms with E-state index in [1.807, 2.05) is 18.2 Å². The van der Waals surface area contributed by atoms with Gasteiger partial charge >= 0.3 is 0 Å². The van der Waals surface area contributed by atoms with Crippen LogP contribution in [-0.2, 0) is 0 Å². The molecular formula is C11H7Br2ClN2O. The van der Waals surface area contributed by atoms with E-state index in [1.165, 1.54) is 6.20 Å². The molecule has 6 heteroatoms. The highest BCUT2D eigenvalue weighted by atomic mass is 79.9. The minimum Gasteiger partial charge on any atom is -0.436 e. The second-order valence-corrected chi connectivity index (χ2v) is 5.41. The molecule has 88 valence electrons. The predicted molar refractivity (Wildman–Crippen MR) is 75.6 cm³/mol. The Balaban J connectivity index is 2.31. The molecule has 0 aliphatic heterocycles. The molecule has 0 atom stereocenters. The quantitative estimate of drug-likeness (QED) is 0.829. The predicted octanol–water partition coefficient (Wildman–Crippen LogP) is 4.63. The average molecular weight is 378 g/mol. The first-order chi connectivity index (χ1) is 8.06. The molecule has 0 unspecified atom stereocenters. The van der Waals surface area contributed by atoms with Crippen LogP contribution in [0.3, 0.4) is 0 Å². The largest absolute Gasteiger partial charge is 0.436 e. The van der Waals surface area contributed by atoms with Gasteiger partial charge in [-0.3, -0.25) is 0 Å². The highest BCUT2D eigenvalue weighted by Gasteiger charge is 2.08. The van der Waals surface area contributed by atoms with E-state index in [1.54, 1.807) is 6.07 Å². The number of ether oxygens (including phenoxy) is 1. The summed E-state index contributed by atoms with van der Waals surface area (Å²) in [5.74, 6) is 0.955. The van der Waals surface area contributed by atoms with Gasteiger partial charge in [-0.1, -0.05) is 27.5 Å². The van der Waals surface area contributed by atoms with Crippen LogP contribution in [0.2, 0.25) is 5.02 Å². The first kappa shape index (κ1) is 12.7. The Hall–Kier alpha value is -0.780. The third-order valence-electron chi connectivity index (χ3n) is 1.93. The summed E-state index contributed by atoms with van der Waals surface area (Å²) in [4.78, 5) is 4.02. The van der Waals surface area contributed by atoms with E-state index in [-0.39, 0.29) is 0 Å². The summed E-state index contributed by atoms with van der Waals surface area (Å²) in [6, 6.07) is 7.14. The third kappa shape index (κ3) is 3.12. The minimum absolute atomic E-state index is 0.323. The van der Waals surface area contributed by atoms with Gasteiger partial charge in [0.1, 0.15) is 10.8 Å². The highest BCUT2D eigenvalue weighted by Crippen LogP contribution is 2.34. The number of nitrogens with zero attached hydrogens (tertiary/aromatic N) is 1. The lowest BCUT2D eigenvalue weighted by molar-refractivity contribution is 0.460. The Kier molecular flexibility index (Phi) is 3.91. The zero-order valence-corrected chi connectivity index (χ0v) is 12.4. The number of benzene rings is 1. The Labute approximate surface area is 120 Å². The Morgan fingerprint density at radius 1 is 1.24 bits per heavy atom. The van der Waals surface area contributed by atoms with Crippen molar-refractivity contribution in [3.8, 4) is 11.6 Å². The van der Waals surface area contributed by atoms with E-state index in [0.717, 1.165) is 8.95 Å². The number of hydrogen-bond acceptors (Lipinski definition) is 3. The molecule has 0 radical (unpaired) electrons. The van der Waals surface area contributed by atoms with Crippen LogP contribution in [0.5, 0.6) is 11.6 Å². The molecule has 0 aliphatic rings. The molecule has 0 aliphatic carbocycles. The normalized spacial score (nSPS) is 10.3. The number of nitrogen functional groups attached to an aromatic ring is 1. The molecule has 1 aromatic heterocycles. The van der Waals surface area contributed by atoms with Crippen LogP contribution in [0.4, 0.5) is 5.69 Å². The van der Waals surface area contributed by atoms with Crippen LogP contribution in [0.1, 0.15) is 0 Å². The van der Waals surface area contributed by atoms with E-state index in [4.69, 9.17) is 22.1 Å². The van der Waals surface area contributed by atoms with Crippen LogP contribution < -0.4 is 10.5 Å². The number of aromatic nitrogens is 1. The summed E-state index contributed by atoms with van der Waals surface area (Å²) in [7, 11) is 0. The molecule has 0 saturated heterocycles. The molecule has 0 spiro atoms. The molecule has 17 heavy (non-hydrogen) atoms. The van der Waals surface area contributed by atoms with Gasteiger partial charge in [0.2, 0.25) is 5.88 Å². The number of halogens is 3. The van der Waals surface area contributed by atoms with Crippen molar-refractivity contribution >= 4 is 49.1 Å². The first-order valence-corrected chi connectivity index (χ1v) is 6.56. The smallest absolute Gasteiger partial charge is 0.238 e. The first-order valence-electron chi connectivity index (χ1n) is 4.60. The molecule has 1 aromatic carbocycles. The fourth-order valence-corrected chi connectivity index (χ4v) is 2.52. The SMILES string of the molecule is Nc1cnc(Oc2ccc(Br)cc2Br)c(Cl)c1. The third-order valence-corrected chi connectivity index (χ3v) is 3.31. The summed E-state index contributed by atoms with van der Waals surface area (Å²) < 4.78 is 7.34. The number of anilines is 1. The molecular weight excluding hydrogens is 371 g/mol. The van der Waals surface area contributed by atoms with Gasteiger partial charge in [-0.05, 0) is 40.2 Å². The van der Waals surface area contributed by atoms with Crippen molar-refractivity contribution in [3.63, 3.8) is 0 Å². The van der Waals surface area contributed by atoms with Crippen molar-refractivity contribution in [1.82, 2.24) is 4.98 Å². The van der Waals surface area contributed by atoms with Gasteiger partial charge in [0.05, 0.1) is 16.4 Å². The van der Waals surface area contributed by atoms with Crippen LogP contribution in [0.15, 0.2) is 39.4 Å². The summed E-state index contributed by atoms with van der Waals surface area (Å²) in [6.07, 6.45) is 1.49. The van der Waals surface area contributed by atoms with Gasteiger partial charge in [-0.15, -0.1) is 0 Å². The number of hydrogen-bond donors (Lipinski definition) is 1. The van der Waals surface area contributed by atoms with Crippen molar-refractivity contribution in [3.05, 3.63) is 44.4 Å². The molecule has 0 bridgehead atoms. The van der Waals surface area contributed by atoms with E-state index in [2.05, 4.69) is 36.8 Å². The van der Waals surface area contributed by atoms with Crippen molar-refractivity contribution in [2.75, 3.05) is 5.73 Å². The van der Waals surface area contributed by atoms with E-state index in [0.29, 0.717) is 22.3 Å². The van der Waals surface area contributed by atoms with Crippen molar-refractivity contribution < 1.29 is 4.74 Å². The molecule has 2 N–H and O–H groups in total. The summed E-state index contributed by atoms with van der Waals surface area (Å²) >= 11 is 12.7. The second-order valence-electron chi connectivity index (χ2n) is 3.23. The van der Waals surface area contributed by atoms with Crippen LogP contribution in [0.25, 0.3) is 0 Å². The maximum atomic E-state index is 5.97. The van der Waals surface area contributed by atoms with Gasteiger partial charge in [0, 0.05) is 4.47 Å². The maximum absolute atomic E-state index is 5.97. The number of nitrogens with two attached hydrogens (primary N) is 1. The van der Waals surface area contributed by atoms with E-state index >= 15 is 0 Å². The molecule has 0 fully saturated rings. The van der Waals surface area contributed by atoms with Crippen molar-refractivity contribution in [2.24, 2.45) is 0 Å². The molecule has 2 aromatic rings. The van der Waals surface area contributed by atoms with Gasteiger partial charge in [-0.2, -0.15) is 0 Å². The van der Waals surface area contributed by atoms with Gasteiger partial charge in [0.25, 0.3) is 0 Å². The number of rotatable bonds is 2. The molecule has 0 saturated carbocycles. The molecule has 0 amide bonds. The highest BCUT2D eigenvalue weighted by molar-refractivity contribution is 9.11. The Morgan fingerprint density at radius 3 is 2.65 bits per heavy atom. The summed E-state index contributed by atoms with van der Waals surface area (Å²) in [5, 5.41) is 0.375. The van der Waals surface area contributed by atoms with E-state index < -0.39 is 0 Å². The Morgan fingerprint density at radius 2 is 2.00 bits per heavy atom. The zero-order chi connectivity index (χ0) is 12.4. The van der Waals surface area contributed by atoms with Crippen LogP contribution >= 0.6 is 43.5 Å². The zero-order valence-electron chi connectivity index (χ0n) is 8.45. The van der Waals surface area contributed by atoms with Crippen molar-refractivity contribution in [1.29, 1.82) is 0 Å². The topological polar surface area (TPSA) is 48.1 Å². The van der Waals surface area contributed by atoms with Crippen LogP contribution in [-0.4, -0.2) is 4.98 Å². The maximum Gasteiger partial charge on any atom is 0.238 e.